The molecule has 1 N–H and O–H groups in total. The van der Waals surface area contributed by atoms with Crippen LogP contribution in [0, 0.1) is 5.41 Å². The lowest BCUT2D eigenvalue weighted by molar-refractivity contribution is -0.150. The maximum Gasteiger partial charge on any atom is 0.337 e. The van der Waals surface area contributed by atoms with Gasteiger partial charge in [0, 0.05) is 34.3 Å². The quantitative estimate of drug-likeness (QED) is 0.684. The SMILES string of the molecule is CC1=C(C(=O)OC(C)(C)C)C(c2ccc(Cl)cc2)C2=C(CC(C)(C)CC2=O)N1. The van der Waals surface area contributed by atoms with Crippen molar-refractivity contribution in [2.24, 2.45) is 5.41 Å². The Balaban J connectivity index is 2.15. The number of carbonyl (C=O) groups is 2. The molecule has 1 aliphatic carbocycles. The zero-order chi connectivity index (χ0) is 20.9. The van der Waals surface area contributed by atoms with Gasteiger partial charge >= 0.3 is 5.97 Å². The van der Waals surface area contributed by atoms with Gasteiger partial charge in [0.05, 0.1) is 5.57 Å². The fourth-order valence-corrected chi connectivity index (χ4v) is 4.15. The first-order chi connectivity index (χ1) is 12.9. The summed E-state index contributed by atoms with van der Waals surface area (Å²) < 4.78 is 5.68. The summed E-state index contributed by atoms with van der Waals surface area (Å²) in [5, 5.41) is 3.96. The lowest BCUT2D eigenvalue weighted by Crippen LogP contribution is -2.39. The summed E-state index contributed by atoms with van der Waals surface area (Å²) in [6.45, 7) is 11.6. The number of dihydropyridines is 1. The van der Waals surface area contributed by atoms with E-state index in [0.717, 1.165) is 23.4 Å². The Morgan fingerprint density at radius 2 is 1.79 bits per heavy atom. The van der Waals surface area contributed by atoms with Crippen molar-refractivity contribution in [2.45, 2.75) is 65.9 Å². The van der Waals surface area contributed by atoms with E-state index in [0.29, 0.717) is 22.6 Å². The third-order valence-electron chi connectivity index (χ3n) is 5.06. The predicted molar refractivity (Wildman–Crippen MR) is 111 cm³/mol. The molecule has 1 aromatic rings. The highest BCUT2D eigenvalue weighted by Gasteiger charge is 2.43. The lowest BCUT2D eigenvalue weighted by atomic mass is 9.68. The first kappa shape index (κ1) is 20.7. The topological polar surface area (TPSA) is 55.4 Å². The van der Waals surface area contributed by atoms with Crippen LogP contribution in [-0.2, 0) is 14.3 Å². The zero-order valence-electron chi connectivity index (χ0n) is 17.4. The van der Waals surface area contributed by atoms with Gasteiger partial charge < -0.3 is 10.1 Å². The summed E-state index contributed by atoms with van der Waals surface area (Å²) in [5.41, 5.74) is 2.94. The van der Waals surface area contributed by atoms with Gasteiger partial charge in [-0.15, -0.1) is 0 Å². The van der Waals surface area contributed by atoms with Crippen molar-refractivity contribution in [1.29, 1.82) is 0 Å². The number of ether oxygens (including phenoxy) is 1. The molecule has 1 heterocycles. The highest BCUT2D eigenvalue weighted by Crippen LogP contribution is 2.47. The van der Waals surface area contributed by atoms with Crippen LogP contribution < -0.4 is 5.32 Å². The summed E-state index contributed by atoms with van der Waals surface area (Å²) in [6.07, 6.45) is 1.22. The molecule has 0 spiro atoms. The van der Waals surface area contributed by atoms with Crippen LogP contribution in [0.25, 0.3) is 0 Å². The number of Topliss-reactive ketones (excluding diaryl/α,β-unsaturated/α-hetero) is 1. The van der Waals surface area contributed by atoms with Crippen LogP contribution >= 0.6 is 11.6 Å². The number of hydrogen-bond acceptors (Lipinski definition) is 4. The van der Waals surface area contributed by atoms with E-state index in [4.69, 9.17) is 16.3 Å². The number of halogens is 1. The largest absolute Gasteiger partial charge is 0.457 e. The third-order valence-corrected chi connectivity index (χ3v) is 5.31. The number of allylic oxidation sites excluding steroid dienone is 3. The second-order valence-corrected chi connectivity index (χ2v) is 9.92. The number of ketones is 1. The Hall–Kier alpha value is -2.07. The number of nitrogens with one attached hydrogen (secondary N) is 1. The van der Waals surface area contributed by atoms with Crippen LogP contribution in [0.15, 0.2) is 46.8 Å². The Morgan fingerprint density at radius 1 is 1.18 bits per heavy atom. The molecule has 4 nitrogen and oxygen atoms in total. The van der Waals surface area contributed by atoms with Crippen LogP contribution in [0.5, 0.6) is 0 Å². The molecule has 0 radical (unpaired) electrons. The molecule has 150 valence electrons. The molecule has 1 aliphatic heterocycles. The molecule has 5 heteroatoms. The fourth-order valence-electron chi connectivity index (χ4n) is 4.03. The van der Waals surface area contributed by atoms with Crippen molar-refractivity contribution in [3.05, 3.63) is 57.4 Å². The van der Waals surface area contributed by atoms with Gasteiger partial charge in [0.15, 0.2) is 5.78 Å². The summed E-state index contributed by atoms with van der Waals surface area (Å²) in [7, 11) is 0. The maximum atomic E-state index is 13.2. The second kappa shape index (κ2) is 7.07. The average Bonchev–Trinajstić information content (AvgIpc) is 2.51. The van der Waals surface area contributed by atoms with Crippen molar-refractivity contribution >= 4 is 23.4 Å². The van der Waals surface area contributed by atoms with Gasteiger partial charge in [0.25, 0.3) is 0 Å². The fraction of sp³-hybridized carbons (Fsp3) is 0.478. The molecule has 2 aliphatic rings. The van der Waals surface area contributed by atoms with E-state index < -0.39 is 17.5 Å². The van der Waals surface area contributed by atoms with E-state index in [2.05, 4.69) is 19.2 Å². The van der Waals surface area contributed by atoms with Gasteiger partial charge in [-0.25, -0.2) is 4.79 Å². The molecule has 28 heavy (non-hydrogen) atoms. The first-order valence-electron chi connectivity index (χ1n) is 9.61. The van der Waals surface area contributed by atoms with Crippen molar-refractivity contribution in [3.8, 4) is 0 Å². The summed E-state index contributed by atoms with van der Waals surface area (Å²) in [6, 6.07) is 7.35. The van der Waals surface area contributed by atoms with E-state index in [1.807, 2.05) is 39.8 Å². The van der Waals surface area contributed by atoms with E-state index in [1.165, 1.54) is 0 Å². The maximum absolute atomic E-state index is 13.2. The summed E-state index contributed by atoms with van der Waals surface area (Å²) in [5.74, 6) is -0.777. The van der Waals surface area contributed by atoms with Gasteiger partial charge in [-0.2, -0.15) is 0 Å². The average molecular weight is 402 g/mol. The first-order valence-corrected chi connectivity index (χ1v) is 9.99. The highest BCUT2D eigenvalue weighted by molar-refractivity contribution is 6.30. The van der Waals surface area contributed by atoms with Crippen LogP contribution in [0.2, 0.25) is 5.02 Å². The second-order valence-electron chi connectivity index (χ2n) is 9.48. The highest BCUT2D eigenvalue weighted by atomic mass is 35.5. The molecule has 0 fully saturated rings. The van der Waals surface area contributed by atoms with E-state index in [1.54, 1.807) is 12.1 Å². The molecule has 3 rings (SSSR count). The smallest absolute Gasteiger partial charge is 0.337 e. The van der Waals surface area contributed by atoms with Gasteiger partial charge in [-0.3, -0.25) is 4.79 Å². The van der Waals surface area contributed by atoms with Crippen LogP contribution in [0.4, 0.5) is 0 Å². The Kier molecular flexibility index (Phi) is 5.22. The van der Waals surface area contributed by atoms with Crippen molar-refractivity contribution in [1.82, 2.24) is 5.32 Å². The molecular weight excluding hydrogens is 374 g/mol. The Labute approximate surface area is 172 Å². The number of esters is 1. The van der Waals surface area contributed by atoms with Gasteiger partial charge in [0.2, 0.25) is 0 Å². The van der Waals surface area contributed by atoms with Gasteiger partial charge in [0.1, 0.15) is 5.60 Å². The molecule has 0 saturated heterocycles. The number of carbonyl (C=O) groups excluding carboxylic acids is 2. The standard InChI is InChI=1S/C23H28ClNO3/c1-13-18(21(27)28-22(2,3)4)19(14-7-9-15(24)10-8-14)20-16(25-13)11-23(5,6)12-17(20)26/h7-10,19,25H,11-12H2,1-6H3. The lowest BCUT2D eigenvalue weighted by Gasteiger charge is -2.39. The minimum absolute atomic E-state index is 0.0762. The van der Waals surface area contributed by atoms with E-state index in [9.17, 15) is 9.59 Å². The van der Waals surface area contributed by atoms with Crippen molar-refractivity contribution in [3.63, 3.8) is 0 Å². The Bertz CT molecular complexity index is 885. The molecule has 0 aromatic heterocycles. The van der Waals surface area contributed by atoms with E-state index in [-0.39, 0.29) is 11.2 Å². The van der Waals surface area contributed by atoms with Gasteiger partial charge in [-0.05, 0) is 57.2 Å². The molecular formula is C23H28ClNO3. The van der Waals surface area contributed by atoms with Gasteiger partial charge in [-0.1, -0.05) is 37.6 Å². The summed E-state index contributed by atoms with van der Waals surface area (Å²) in [4.78, 5) is 26.3. The number of rotatable bonds is 2. The minimum Gasteiger partial charge on any atom is -0.457 e. The number of benzene rings is 1. The molecule has 0 saturated carbocycles. The molecule has 1 unspecified atom stereocenters. The summed E-state index contributed by atoms with van der Waals surface area (Å²) >= 11 is 6.07. The van der Waals surface area contributed by atoms with Crippen LogP contribution in [0.1, 0.15) is 65.9 Å². The van der Waals surface area contributed by atoms with Crippen molar-refractivity contribution in [2.75, 3.05) is 0 Å². The van der Waals surface area contributed by atoms with Crippen LogP contribution in [0.3, 0.4) is 0 Å². The molecule has 0 amide bonds. The van der Waals surface area contributed by atoms with E-state index >= 15 is 0 Å². The molecule has 1 atom stereocenters. The van der Waals surface area contributed by atoms with Crippen molar-refractivity contribution < 1.29 is 14.3 Å². The monoisotopic (exact) mass is 401 g/mol. The normalized spacial score (nSPS) is 22.0. The molecule has 0 bridgehead atoms. The predicted octanol–water partition coefficient (Wildman–Crippen LogP) is 5.29. The molecule has 1 aromatic carbocycles. The Morgan fingerprint density at radius 3 is 2.36 bits per heavy atom. The third kappa shape index (κ3) is 4.17. The van der Waals surface area contributed by atoms with Crippen LogP contribution in [-0.4, -0.2) is 17.4 Å². The zero-order valence-corrected chi connectivity index (χ0v) is 18.2. The minimum atomic E-state index is -0.623. The number of hydrogen-bond donors (Lipinski definition) is 1.